The smallest absolute Gasteiger partial charge is 0.208 e. The molecule has 0 radical (unpaired) electrons. The first-order valence-corrected chi connectivity index (χ1v) is 8.94. The van der Waals surface area contributed by atoms with Crippen LogP contribution >= 0.6 is 24.0 Å². The molecule has 0 aromatic heterocycles. The fraction of sp³-hybridized carbons (Fsp3) is 0.500. The standard InChI is InChI=1S/C14H24N4O3S.HI/c1-11(2)21-13-7-5-12(6-8-13)18-14(15)16-9-4-10-17-22(3,19)20;/h5-8,11,17H,4,9-10H2,1-3H3,(H3,15,16,18);1H. The zero-order valence-electron chi connectivity index (χ0n) is 13.6. The Hall–Kier alpha value is -1.07. The number of rotatable bonds is 8. The van der Waals surface area contributed by atoms with E-state index in [-0.39, 0.29) is 36.0 Å². The Morgan fingerprint density at radius 3 is 2.43 bits per heavy atom. The minimum atomic E-state index is -3.14. The van der Waals surface area contributed by atoms with Crippen LogP contribution in [0, 0.1) is 0 Å². The lowest BCUT2D eigenvalue weighted by Crippen LogP contribution is -2.25. The zero-order valence-corrected chi connectivity index (χ0v) is 16.7. The summed E-state index contributed by atoms with van der Waals surface area (Å²) in [5, 5.41) is 2.96. The highest BCUT2D eigenvalue weighted by atomic mass is 127. The first kappa shape index (κ1) is 21.9. The molecule has 0 spiro atoms. The van der Waals surface area contributed by atoms with Gasteiger partial charge in [0, 0.05) is 18.8 Å². The second kappa shape index (κ2) is 10.7. The lowest BCUT2D eigenvalue weighted by atomic mass is 10.3. The van der Waals surface area contributed by atoms with Gasteiger partial charge in [0.15, 0.2) is 5.96 Å². The molecule has 1 aromatic carbocycles. The molecule has 4 N–H and O–H groups in total. The first-order valence-electron chi connectivity index (χ1n) is 7.04. The second-order valence-electron chi connectivity index (χ2n) is 5.10. The van der Waals surface area contributed by atoms with Crippen LogP contribution in [0.1, 0.15) is 20.3 Å². The largest absolute Gasteiger partial charge is 0.491 e. The Morgan fingerprint density at radius 2 is 1.91 bits per heavy atom. The van der Waals surface area contributed by atoms with Crippen molar-refractivity contribution in [2.24, 2.45) is 10.7 Å². The van der Waals surface area contributed by atoms with E-state index >= 15 is 0 Å². The number of nitrogens with one attached hydrogen (secondary N) is 2. The predicted octanol–water partition coefficient (Wildman–Crippen LogP) is 1.76. The van der Waals surface area contributed by atoms with Crippen molar-refractivity contribution in [3.05, 3.63) is 24.3 Å². The molecule has 0 atom stereocenters. The Bertz CT molecular complexity index is 589. The van der Waals surface area contributed by atoms with Crippen molar-refractivity contribution < 1.29 is 13.2 Å². The van der Waals surface area contributed by atoms with Crippen LogP contribution in [0.4, 0.5) is 5.69 Å². The quantitative estimate of drug-likeness (QED) is 0.239. The Balaban J connectivity index is 0.00000484. The summed E-state index contributed by atoms with van der Waals surface area (Å²) in [7, 11) is -3.14. The number of nitrogens with zero attached hydrogens (tertiary/aromatic N) is 1. The van der Waals surface area contributed by atoms with Crippen molar-refractivity contribution in [2.45, 2.75) is 26.4 Å². The van der Waals surface area contributed by atoms with Crippen LogP contribution in [-0.4, -0.2) is 39.8 Å². The number of halogens is 1. The van der Waals surface area contributed by atoms with E-state index < -0.39 is 10.0 Å². The van der Waals surface area contributed by atoms with Gasteiger partial charge in [0.25, 0.3) is 0 Å². The Kier molecular flexibility index (Phi) is 10.2. The molecule has 0 heterocycles. The van der Waals surface area contributed by atoms with E-state index in [9.17, 15) is 8.42 Å². The average molecular weight is 456 g/mol. The molecule has 0 saturated carbocycles. The average Bonchev–Trinajstić information content (AvgIpc) is 2.38. The maximum Gasteiger partial charge on any atom is 0.208 e. The van der Waals surface area contributed by atoms with Gasteiger partial charge in [0.05, 0.1) is 12.4 Å². The molecule has 0 bridgehead atoms. The summed E-state index contributed by atoms with van der Waals surface area (Å²) < 4.78 is 29.7. The van der Waals surface area contributed by atoms with Crippen molar-refractivity contribution in [2.75, 3.05) is 24.7 Å². The van der Waals surface area contributed by atoms with Crippen LogP contribution < -0.4 is 20.5 Å². The Morgan fingerprint density at radius 1 is 1.30 bits per heavy atom. The van der Waals surface area contributed by atoms with Gasteiger partial charge in [-0.15, -0.1) is 24.0 Å². The molecule has 0 unspecified atom stereocenters. The molecule has 1 aromatic rings. The number of aliphatic imine (C=N–C) groups is 1. The molecule has 23 heavy (non-hydrogen) atoms. The minimum Gasteiger partial charge on any atom is -0.491 e. The third-order valence-corrected chi connectivity index (χ3v) is 3.21. The number of hydrogen-bond donors (Lipinski definition) is 3. The maximum absolute atomic E-state index is 10.9. The predicted molar refractivity (Wildman–Crippen MR) is 105 cm³/mol. The van der Waals surface area contributed by atoms with Crippen LogP contribution in [0.25, 0.3) is 0 Å². The maximum atomic E-state index is 10.9. The highest BCUT2D eigenvalue weighted by Crippen LogP contribution is 2.16. The molecule has 0 saturated heterocycles. The first-order chi connectivity index (χ1) is 10.3. The summed E-state index contributed by atoms with van der Waals surface area (Å²) in [5.74, 6) is 1.08. The minimum absolute atomic E-state index is 0. The van der Waals surface area contributed by atoms with Crippen LogP contribution in [0.15, 0.2) is 29.3 Å². The van der Waals surface area contributed by atoms with E-state index in [4.69, 9.17) is 10.5 Å². The van der Waals surface area contributed by atoms with Gasteiger partial charge in [-0.3, -0.25) is 4.99 Å². The molecule has 1 rings (SSSR count). The topological polar surface area (TPSA) is 106 Å². The van der Waals surface area contributed by atoms with Crippen molar-refractivity contribution in [3.63, 3.8) is 0 Å². The number of sulfonamides is 1. The molecule has 0 amide bonds. The van der Waals surface area contributed by atoms with Gasteiger partial charge in [-0.1, -0.05) is 0 Å². The highest BCUT2D eigenvalue weighted by molar-refractivity contribution is 14.0. The van der Waals surface area contributed by atoms with E-state index in [1.54, 1.807) is 0 Å². The van der Waals surface area contributed by atoms with E-state index in [1.807, 2.05) is 38.1 Å². The van der Waals surface area contributed by atoms with Crippen LogP contribution in [0.5, 0.6) is 5.75 Å². The fourth-order valence-electron chi connectivity index (χ4n) is 1.61. The molecule has 0 aliphatic rings. The normalized spacial score (nSPS) is 11.9. The molecule has 7 nitrogen and oxygen atoms in total. The van der Waals surface area contributed by atoms with Crippen LogP contribution in [0.2, 0.25) is 0 Å². The lowest BCUT2D eigenvalue weighted by molar-refractivity contribution is 0.242. The summed E-state index contributed by atoms with van der Waals surface area (Å²) in [6.45, 7) is 4.72. The number of guanidine groups is 1. The van der Waals surface area contributed by atoms with Gasteiger partial charge in [-0.25, -0.2) is 13.1 Å². The van der Waals surface area contributed by atoms with Gasteiger partial charge >= 0.3 is 0 Å². The number of hydrogen-bond acceptors (Lipinski definition) is 4. The van der Waals surface area contributed by atoms with Gasteiger partial charge in [-0.05, 0) is 44.5 Å². The molecule has 132 valence electrons. The number of nitrogens with two attached hydrogens (primary N) is 1. The van der Waals surface area contributed by atoms with Gasteiger partial charge in [0.1, 0.15) is 5.75 Å². The number of benzene rings is 1. The molecule has 0 aliphatic heterocycles. The van der Waals surface area contributed by atoms with Crippen LogP contribution in [-0.2, 0) is 10.0 Å². The summed E-state index contributed by atoms with van der Waals surface area (Å²) in [5.41, 5.74) is 6.57. The molecule has 0 aliphatic carbocycles. The molecule has 0 fully saturated rings. The molecular formula is C14H25IN4O3S. The van der Waals surface area contributed by atoms with Gasteiger partial charge < -0.3 is 15.8 Å². The third kappa shape index (κ3) is 11.2. The van der Waals surface area contributed by atoms with Crippen molar-refractivity contribution in [1.29, 1.82) is 0 Å². The molecule has 9 heteroatoms. The SMILES string of the molecule is CC(C)Oc1ccc(NC(N)=NCCCNS(C)(=O)=O)cc1.I. The second-order valence-corrected chi connectivity index (χ2v) is 6.94. The van der Waals surface area contributed by atoms with E-state index in [1.165, 1.54) is 0 Å². The fourth-order valence-corrected chi connectivity index (χ4v) is 2.13. The number of anilines is 1. The molecular weight excluding hydrogens is 431 g/mol. The van der Waals surface area contributed by atoms with Gasteiger partial charge in [0.2, 0.25) is 10.0 Å². The Labute approximate surface area is 155 Å². The van der Waals surface area contributed by atoms with Crippen LogP contribution in [0.3, 0.4) is 0 Å². The number of ether oxygens (including phenoxy) is 1. The summed E-state index contributed by atoms with van der Waals surface area (Å²) in [6.07, 6.45) is 1.83. The van der Waals surface area contributed by atoms with Crippen molar-refractivity contribution in [1.82, 2.24) is 4.72 Å². The monoisotopic (exact) mass is 456 g/mol. The van der Waals surface area contributed by atoms with E-state index in [0.717, 1.165) is 17.7 Å². The highest BCUT2D eigenvalue weighted by Gasteiger charge is 2.00. The van der Waals surface area contributed by atoms with E-state index in [2.05, 4.69) is 15.0 Å². The summed E-state index contributed by atoms with van der Waals surface area (Å²) in [4.78, 5) is 4.13. The van der Waals surface area contributed by atoms with Crippen molar-refractivity contribution >= 4 is 45.6 Å². The van der Waals surface area contributed by atoms with Crippen molar-refractivity contribution in [3.8, 4) is 5.75 Å². The zero-order chi connectivity index (χ0) is 16.6. The lowest BCUT2D eigenvalue weighted by Gasteiger charge is -2.11. The summed E-state index contributed by atoms with van der Waals surface area (Å²) >= 11 is 0. The summed E-state index contributed by atoms with van der Waals surface area (Å²) in [6, 6.07) is 7.41. The van der Waals surface area contributed by atoms with Gasteiger partial charge in [-0.2, -0.15) is 0 Å². The third-order valence-electron chi connectivity index (χ3n) is 2.48. The van der Waals surface area contributed by atoms with E-state index in [0.29, 0.717) is 19.5 Å².